The molecule has 28 heavy (non-hydrogen) atoms. The summed E-state index contributed by atoms with van der Waals surface area (Å²) < 4.78 is 33.9. The second-order valence-electron chi connectivity index (χ2n) is 8.24. The van der Waals surface area contributed by atoms with Crippen molar-refractivity contribution in [2.75, 3.05) is 13.2 Å². The van der Waals surface area contributed by atoms with Gasteiger partial charge in [-0.1, -0.05) is 61.5 Å². The summed E-state index contributed by atoms with van der Waals surface area (Å²) in [5.41, 5.74) is 3.37. The molecule has 0 unspecified atom stereocenters. The van der Waals surface area contributed by atoms with Crippen LogP contribution in [0.1, 0.15) is 55.1 Å². The van der Waals surface area contributed by atoms with Gasteiger partial charge in [-0.05, 0) is 42.9 Å². The van der Waals surface area contributed by atoms with Gasteiger partial charge in [0.15, 0.2) is 0 Å². The quantitative estimate of drug-likeness (QED) is 0.748. The Hall–Kier alpha value is -1.69. The Morgan fingerprint density at radius 1 is 1.04 bits per heavy atom. The van der Waals surface area contributed by atoms with Gasteiger partial charge in [0.1, 0.15) is 5.25 Å². The van der Waals surface area contributed by atoms with E-state index in [1.165, 1.54) is 5.56 Å². The molecular formula is C23H29NO3S. The van der Waals surface area contributed by atoms with Crippen molar-refractivity contribution in [1.82, 2.24) is 4.31 Å². The topological polar surface area (TPSA) is 46.6 Å². The number of sulfonamides is 1. The van der Waals surface area contributed by atoms with E-state index in [1.54, 1.807) is 4.31 Å². The van der Waals surface area contributed by atoms with Crippen LogP contribution >= 0.6 is 0 Å². The van der Waals surface area contributed by atoms with E-state index in [-0.39, 0.29) is 11.5 Å². The van der Waals surface area contributed by atoms with E-state index in [4.69, 9.17) is 4.74 Å². The van der Waals surface area contributed by atoms with Crippen molar-refractivity contribution in [3.05, 3.63) is 71.3 Å². The molecule has 150 valence electrons. The van der Waals surface area contributed by atoms with Crippen molar-refractivity contribution in [3.8, 4) is 0 Å². The summed E-state index contributed by atoms with van der Waals surface area (Å²) >= 11 is 0. The third kappa shape index (κ3) is 3.40. The molecule has 0 bridgehead atoms. The molecule has 2 heterocycles. The fourth-order valence-electron chi connectivity index (χ4n) is 4.42. The Labute approximate surface area is 168 Å². The van der Waals surface area contributed by atoms with E-state index < -0.39 is 15.3 Å². The van der Waals surface area contributed by atoms with Crippen molar-refractivity contribution >= 4 is 10.0 Å². The molecule has 4 nitrogen and oxygen atoms in total. The number of nitrogens with zero attached hydrogens (tertiary/aromatic N) is 1. The zero-order valence-electron chi connectivity index (χ0n) is 16.7. The average Bonchev–Trinajstić information content (AvgIpc) is 2.66. The van der Waals surface area contributed by atoms with Crippen LogP contribution < -0.4 is 0 Å². The minimum Gasteiger partial charge on any atom is -0.379 e. The van der Waals surface area contributed by atoms with Gasteiger partial charge in [0.05, 0.1) is 13.2 Å². The van der Waals surface area contributed by atoms with E-state index >= 15 is 0 Å². The fraction of sp³-hybridized carbons (Fsp3) is 0.478. The molecule has 0 aliphatic carbocycles. The molecule has 2 atom stereocenters. The maximum absolute atomic E-state index is 13.4. The normalized spacial score (nSPS) is 26.5. The van der Waals surface area contributed by atoms with Crippen LogP contribution in [0.4, 0.5) is 0 Å². The third-order valence-electron chi connectivity index (χ3n) is 6.53. The maximum atomic E-state index is 13.4. The zero-order chi connectivity index (χ0) is 19.8. The lowest BCUT2D eigenvalue weighted by molar-refractivity contribution is -0.0620. The van der Waals surface area contributed by atoms with Crippen LogP contribution in [0.25, 0.3) is 0 Å². The van der Waals surface area contributed by atoms with E-state index in [0.29, 0.717) is 13.0 Å². The van der Waals surface area contributed by atoms with Crippen molar-refractivity contribution in [2.24, 2.45) is 0 Å². The van der Waals surface area contributed by atoms with E-state index in [1.807, 2.05) is 37.3 Å². The highest BCUT2D eigenvalue weighted by atomic mass is 32.2. The number of benzene rings is 2. The molecule has 2 fully saturated rings. The van der Waals surface area contributed by atoms with Crippen LogP contribution in [0.3, 0.4) is 0 Å². The highest BCUT2D eigenvalue weighted by molar-refractivity contribution is 7.89. The Kier molecular flexibility index (Phi) is 5.34. The number of hydrogen-bond acceptors (Lipinski definition) is 3. The van der Waals surface area contributed by atoms with Gasteiger partial charge in [-0.15, -0.1) is 0 Å². The molecule has 0 radical (unpaired) electrons. The molecule has 2 aliphatic rings. The number of hydrogen-bond donors (Lipinski definition) is 0. The predicted octanol–water partition coefficient (Wildman–Crippen LogP) is 4.42. The second kappa shape index (κ2) is 7.62. The lowest BCUT2D eigenvalue weighted by Crippen LogP contribution is -2.46. The largest absolute Gasteiger partial charge is 0.379 e. The standard InChI is InChI=1S/C23H29NO3S/c1-3-23(16-27-17-23)21-12-10-19(11-13-21)15-24-18(2)9-14-22(28(24,25)26)20-7-5-4-6-8-20/h4-8,10-13,18,22H,3,9,14-17H2,1-2H3/t18-,22+/m0/s1. The highest BCUT2D eigenvalue weighted by Gasteiger charge is 2.41. The molecule has 0 N–H and O–H groups in total. The molecule has 4 rings (SSSR count). The van der Waals surface area contributed by atoms with Gasteiger partial charge in [-0.3, -0.25) is 0 Å². The van der Waals surface area contributed by atoms with Crippen LogP contribution in [-0.4, -0.2) is 32.0 Å². The van der Waals surface area contributed by atoms with Gasteiger partial charge in [-0.2, -0.15) is 4.31 Å². The molecule has 2 saturated heterocycles. The number of rotatable bonds is 5. The van der Waals surface area contributed by atoms with Gasteiger partial charge >= 0.3 is 0 Å². The van der Waals surface area contributed by atoms with Crippen molar-refractivity contribution < 1.29 is 13.2 Å². The molecule has 0 aromatic heterocycles. The lowest BCUT2D eigenvalue weighted by Gasteiger charge is -2.41. The molecule has 0 saturated carbocycles. The van der Waals surface area contributed by atoms with Gasteiger partial charge in [0.2, 0.25) is 10.0 Å². The van der Waals surface area contributed by atoms with Crippen molar-refractivity contribution in [3.63, 3.8) is 0 Å². The summed E-state index contributed by atoms with van der Waals surface area (Å²) in [5.74, 6) is 0. The third-order valence-corrected chi connectivity index (χ3v) is 8.90. The molecule has 2 aromatic carbocycles. The first-order valence-corrected chi connectivity index (χ1v) is 11.7. The lowest BCUT2D eigenvalue weighted by atomic mass is 9.76. The molecule has 0 amide bonds. The fourth-order valence-corrected chi connectivity index (χ4v) is 6.62. The van der Waals surface area contributed by atoms with Crippen molar-refractivity contribution in [2.45, 2.75) is 56.4 Å². The molecule has 0 spiro atoms. The van der Waals surface area contributed by atoms with Crippen LogP contribution in [0.2, 0.25) is 0 Å². The monoisotopic (exact) mass is 399 g/mol. The van der Waals surface area contributed by atoms with Gasteiger partial charge in [0.25, 0.3) is 0 Å². The highest BCUT2D eigenvalue weighted by Crippen LogP contribution is 2.39. The molecule has 2 aromatic rings. The van der Waals surface area contributed by atoms with E-state index in [2.05, 4.69) is 31.2 Å². The Balaban J connectivity index is 1.56. The summed E-state index contributed by atoms with van der Waals surface area (Å²) in [6.07, 6.45) is 2.62. The van der Waals surface area contributed by atoms with Gasteiger partial charge in [-0.25, -0.2) is 8.42 Å². The van der Waals surface area contributed by atoms with E-state index in [9.17, 15) is 8.42 Å². The summed E-state index contributed by atoms with van der Waals surface area (Å²) in [7, 11) is -3.39. The minimum absolute atomic E-state index is 0.0201. The number of ether oxygens (including phenoxy) is 1. The average molecular weight is 400 g/mol. The SMILES string of the molecule is CCC1(c2ccc(CN3[C@@H](C)CC[C@H](c4ccccc4)S3(=O)=O)cc2)COC1. The van der Waals surface area contributed by atoms with Gasteiger partial charge in [0, 0.05) is 18.0 Å². The second-order valence-corrected chi connectivity index (χ2v) is 10.3. The first kappa shape index (κ1) is 19.6. The first-order valence-electron chi connectivity index (χ1n) is 10.2. The van der Waals surface area contributed by atoms with Crippen LogP contribution in [0, 0.1) is 0 Å². The van der Waals surface area contributed by atoms with Crippen molar-refractivity contribution in [1.29, 1.82) is 0 Å². The molecular weight excluding hydrogens is 370 g/mol. The summed E-state index contributed by atoms with van der Waals surface area (Å²) in [5, 5.41) is -0.445. The Morgan fingerprint density at radius 2 is 1.71 bits per heavy atom. The zero-order valence-corrected chi connectivity index (χ0v) is 17.5. The van der Waals surface area contributed by atoms with E-state index in [0.717, 1.165) is 37.2 Å². The predicted molar refractivity (Wildman–Crippen MR) is 112 cm³/mol. The summed E-state index contributed by atoms with van der Waals surface area (Å²) in [6.45, 7) is 6.20. The molecule has 2 aliphatic heterocycles. The summed E-state index contributed by atoms with van der Waals surface area (Å²) in [4.78, 5) is 0. The maximum Gasteiger partial charge on any atom is 0.221 e. The first-order chi connectivity index (χ1) is 13.5. The Morgan fingerprint density at radius 3 is 2.29 bits per heavy atom. The van der Waals surface area contributed by atoms with Crippen LogP contribution in [0.15, 0.2) is 54.6 Å². The smallest absolute Gasteiger partial charge is 0.221 e. The van der Waals surface area contributed by atoms with Crippen LogP contribution in [0.5, 0.6) is 0 Å². The van der Waals surface area contributed by atoms with Gasteiger partial charge < -0.3 is 4.74 Å². The Bertz CT molecular complexity index is 899. The summed E-state index contributed by atoms with van der Waals surface area (Å²) in [6, 6.07) is 18.1. The minimum atomic E-state index is -3.39. The van der Waals surface area contributed by atoms with Crippen LogP contribution in [-0.2, 0) is 26.7 Å². The molecule has 5 heteroatoms.